The Kier molecular flexibility index (Phi) is 5.74. The predicted molar refractivity (Wildman–Crippen MR) is 73.2 cm³/mol. The van der Waals surface area contributed by atoms with E-state index in [2.05, 4.69) is 36.6 Å². The average molecular weight is 423 g/mol. The number of halogens is 2. The Bertz CT molecular complexity index is 542. The fourth-order valence-electron chi connectivity index (χ4n) is 1.04. The van der Waals surface area contributed by atoms with Gasteiger partial charge in [-0.2, -0.15) is 0 Å². The molecule has 0 aliphatic heterocycles. The van der Waals surface area contributed by atoms with E-state index in [0.717, 1.165) is 0 Å². The van der Waals surface area contributed by atoms with E-state index in [1.165, 1.54) is 17.4 Å². The molecule has 0 spiro atoms. The summed E-state index contributed by atoms with van der Waals surface area (Å²) >= 11 is 7.50. The van der Waals surface area contributed by atoms with Gasteiger partial charge in [-0.3, -0.25) is 0 Å². The molecule has 0 saturated carbocycles. The second-order valence-corrected chi connectivity index (χ2v) is 8.71. The molecule has 1 atom stereocenters. The van der Waals surface area contributed by atoms with Gasteiger partial charge in [0.25, 0.3) is 0 Å². The molecule has 102 valence electrons. The van der Waals surface area contributed by atoms with Crippen molar-refractivity contribution in [1.29, 1.82) is 0 Å². The van der Waals surface area contributed by atoms with Gasteiger partial charge in [-0.1, -0.05) is 0 Å². The molecule has 0 radical (unpaired) electrons. The number of carbonyl (C=O) groups is 1. The van der Waals surface area contributed by atoms with Crippen molar-refractivity contribution in [3.63, 3.8) is 0 Å². The third-order valence-electron chi connectivity index (χ3n) is 1.91. The predicted octanol–water partition coefficient (Wildman–Crippen LogP) is 1.39. The molecule has 1 aromatic rings. The molecule has 1 unspecified atom stereocenters. The van der Waals surface area contributed by atoms with Crippen molar-refractivity contribution >= 4 is 59.2 Å². The van der Waals surface area contributed by atoms with Crippen LogP contribution in [0.4, 0.5) is 0 Å². The number of aliphatic hydroxyl groups is 1. The number of aliphatic hydroxyl groups excluding tert-OH is 1. The van der Waals surface area contributed by atoms with E-state index in [4.69, 9.17) is 10.2 Å². The van der Waals surface area contributed by atoms with Crippen LogP contribution in [-0.2, 0) is 14.8 Å². The first-order valence-electron chi connectivity index (χ1n) is 4.59. The zero-order chi connectivity index (χ0) is 13.9. The summed E-state index contributed by atoms with van der Waals surface area (Å²) in [6, 6.07) is 1.44. The summed E-state index contributed by atoms with van der Waals surface area (Å²) in [6.07, 6.45) is -1.78. The highest BCUT2D eigenvalue weighted by Crippen LogP contribution is 2.34. The second kappa shape index (κ2) is 6.44. The van der Waals surface area contributed by atoms with E-state index in [9.17, 15) is 13.2 Å². The summed E-state index contributed by atoms with van der Waals surface area (Å²) < 4.78 is 27.0. The summed E-state index contributed by atoms with van der Waals surface area (Å²) in [5, 5.41) is 17.4. The summed E-state index contributed by atoms with van der Waals surface area (Å²) in [5.41, 5.74) is 0. The average Bonchev–Trinajstić information content (AvgIpc) is 2.58. The molecule has 0 aromatic carbocycles. The Morgan fingerprint density at radius 2 is 2.11 bits per heavy atom. The quantitative estimate of drug-likeness (QED) is 0.642. The molecule has 1 rings (SSSR count). The molecule has 0 saturated heterocycles. The second-order valence-electron chi connectivity index (χ2n) is 3.23. The van der Waals surface area contributed by atoms with Crippen LogP contribution in [0, 0.1) is 0 Å². The fourth-order valence-corrected chi connectivity index (χ4v) is 5.90. The minimum absolute atomic E-state index is 0.0733. The summed E-state index contributed by atoms with van der Waals surface area (Å²) in [4.78, 5) is 10.4. The normalized spacial score (nSPS) is 13.5. The lowest BCUT2D eigenvalue weighted by Crippen LogP contribution is -2.30. The Morgan fingerprint density at radius 3 is 2.56 bits per heavy atom. The highest BCUT2D eigenvalue weighted by Gasteiger charge is 2.21. The van der Waals surface area contributed by atoms with Crippen LogP contribution in [0.3, 0.4) is 0 Å². The maximum Gasteiger partial charge on any atom is 0.332 e. The van der Waals surface area contributed by atoms with Gasteiger partial charge in [0.2, 0.25) is 10.0 Å². The topological polar surface area (TPSA) is 104 Å². The van der Waals surface area contributed by atoms with Crippen molar-refractivity contribution in [2.75, 3.05) is 6.54 Å². The number of aliphatic carboxylic acids is 1. The van der Waals surface area contributed by atoms with E-state index >= 15 is 0 Å². The van der Waals surface area contributed by atoms with Crippen LogP contribution < -0.4 is 4.72 Å². The smallest absolute Gasteiger partial charge is 0.332 e. The minimum Gasteiger partial charge on any atom is -0.479 e. The lowest BCUT2D eigenvalue weighted by Gasteiger charge is -2.07. The summed E-state index contributed by atoms with van der Waals surface area (Å²) in [6.45, 7) is -0.157. The number of thiophene rings is 1. The Morgan fingerprint density at radius 1 is 1.50 bits per heavy atom. The van der Waals surface area contributed by atoms with E-state index in [1.54, 1.807) is 0 Å². The molecule has 10 heteroatoms. The molecule has 0 bridgehead atoms. The third kappa shape index (κ3) is 4.28. The monoisotopic (exact) mass is 421 g/mol. The van der Waals surface area contributed by atoms with Crippen molar-refractivity contribution < 1.29 is 23.4 Å². The van der Waals surface area contributed by atoms with Gasteiger partial charge >= 0.3 is 5.97 Å². The standard InChI is InChI=1S/C8H9Br2NO5S2/c9-6-3-5(7(10)17-6)18(15,16)11-2-1-4(12)8(13)14/h3-4,11-12H,1-2H2,(H,13,14). The maximum absolute atomic E-state index is 11.8. The fraction of sp³-hybridized carbons (Fsp3) is 0.375. The van der Waals surface area contributed by atoms with Crippen LogP contribution in [-0.4, -0.2) is 37.2 Å². The van der Waals surface area contributed by atoms with Crippen molar-refractivity contribution in [2.24, 2.45) is 0 Å². The molecule has 6 nitrogen and oxygen atoms in total. The minimum atomic E-state index is -3.71. The van der Waals surface area contributed by atoms with E-state index in [1.807, 2.05) is 0 Å². The van der Waals surface area contributed by atoms with Gasteiger partial charge in [-0.25, -0.2) is 17.9 Å². The Hall–Kier alpha value is -0.000000000000000333. The van der Waals surface area contributed by atoms with Crippen molar-refractivity contribution in [3.8, 4) is 0 Å². The lowest BCUT2D eigenvalue weighted by molar-refractivity contribution is -0.146. The van der Waals surface area contributed by atoms with E-state index in [0.29, 0.717) is 7.57 Å². The molecule has 1 heterocycles. The molecule has 1 aromatic heterocycles. The number of sulfonamides is 1. The first kappa shape index (κ1) is 16.1. The maximum atomic E-state index is 11.8. The van der Waals surface area contributed by atoms with Crippen molar-refractivity contribution in [3.05, 3.63) is 13.6 Å². The number of hydrogen-bond donors (Lipinski definition) is 3. The van der Waals surface area contributed by atoms with Crippen LogP contribution in [0.25, 0.3) is 0 Å². The van der Waals surface area contributed by atoms with Crippen LogP contribution in [0.5, 0.6) is 0 Å². The highest BCUT2D eigenvalue weighted by molar-refractivity contribution is 9.12. The zero-order valence-corrected chi connectivity index (χ0v) is 13.6. The van der Waals surface area contributed by atoms with Gasteiger partial charge in [0.05, 0.1) is 7.57 Å². The van der Waals surface area contributed by atoms with E-state index in [-0.39, 0.29) is 17.9 Å². The molecule has 0 aliphatic carbocycles. The van der Waals surface area contributed by atoms with Gasteiger partial charge in [0.1, 0.15) is 4.90 Å². The molecule has 0 aliphatic rings. The van der Waals surface area contributed by atoms with Crippen LogP contribution in [0.15, 0.2) is 18.5 Å². The van der Waals surface area contributed by atoms with Crippen LogP contribution in [0.2, 0.25) is 0 Å². The Labute approximate surface area is 124 Å². The van der Waals surface area contributed by atoms with E-state index < -0.39 is 22.1 Å². The first-order chi connectivity index (χ1) is 8.24. The molecule has 3 N–H and O–H groups in total. The first-order valence-corrected chi connectivity index (χ1v) is 8.48. The van der Waals surface area contributed by atoms with Gasteiger partial charge < -0.3 is 10.2 Å². The molecular weight excluding hydrogens is 414 g/mol. The number of rotatable bonds is 6. The molecular formula is C8H9Br2NO5S2. The summed E-state index contributed by atoms with van der Waals surface area (Å²) in [7, 11) is -3.71. The number of carboxylic acid groups (broad SMARTS) is 1. The SMILES string of the molecule is O=C(O)C(O)CCNS(=O)(=O)c1cc(Br)sc1Br. The van der Waals surface area contributed by atoms with Gasteiger partial charge in [0.15, 0.2) is 6.10 Å². The van der Waals surface area contributed by atoms with Gasteiger partial charge in [0, 0.05) is 6.54 Å². The number of hydrogen-bond acceptors (Lipinski definition) is 5. The number of carboxylic acids is 1. The van der Waals surface area contributed by atoms with Gasteiger partial charge in [-0.15, -0.1) is 11.3 Å². The van der Waals surface area contributed by atoms with Crippen molar-refractivity contribution in [1.82, 2.24) is 4.72 Å². The van der Waals surface area contributed by atoms with Crippen molar-refractivity contribution in [2.45, 2.75) is 17.4 Å². The Balaban J connectivity index is 2.66. The number of nitrogens with one attached hydrogen (secondary N) is 1. The molecule has 18 heavy (non-hydrogen) atoms. The van der Waals surface area contributed by atoms with Crippen LogP contribution in [0.1, 0.15) is 6.42 Å². The lowest BCUT2D eigenvalue weighted by atomic mass is 10.3. The summed E-state index contributed by atoms with van der Waals surface area (Å²) in [5.74, 6) is -1.38. The third-order valence-corrected chi connectivity index (χ3v) is 6.13. The highest BCUT2D eigenvalue weighted by atomic mass is 79.9. The zero-order valence-electron chi connectivity index (χ0n) is 8.76. The van der Waals surface area contributed by atoms with Gasteiger partial charge in [-0.05, 0) is 44.3 Å². The van der Waals surface area contributed by atoms with Crippen LogP contribution >= 0.6 is 43.2 Å². The molecule has 0 amide bonds. The molecule has 0 fully saturated rings. The largest absolute Gasteiger partial charge is 0.479 e.